The Morgan fingerprint density at radius 3 is 2.47 bits per heavy atom. The molecule has 0 aromatic rings. The lowest BCUT2D eigenvalue weighted by molar-refractivity contribution is -0.106. The predicted octanol–water partition coefficient (Wildman–Crippen LogP) is 1.19. The molecule has 0 amide bonds. The van der Waals surface area contributed by atoms with Gasteiger partial charge in [-0.25, -0.2) is 0 Å². The molecule has 3 fully saturated rings. The molecular weight excluding hydrogens is 190 g/mol. The molecule has 3 rings (SSSR count). The quantitative estimate of drug-likeness (QED) is 0.721. The lowest BCUT2D eigenvalue weighted by atomic mass is 9.62. The van der Waals surface area contributed by atoms with Crippen molar-refractivity contribution in [1.82, 2.24) is 0 Å². The van der Waals surface area contributed by atoms with Crippen LogP contribution >= 0.6 is 0 Å². The second kappa shape index (κ2) is 3.19. The number of rotatable bonds is 2. The lowest BCUT2D eigenvalue weighted by Crippen LogP contribution is -2.56. The van der Waals surface area contributed by atoms with Crippen LogP contribution < -0.4 is 5.73 Å². The van der Waals surface area contributed by atoms with Crippen LogP contribution in [0.3, 0.4) is 0 Å². The van der Waals surface area contributed by atoms with Crippen LogP contribution in [0.5, 0.6) is 0 Å². The van der Waals surface area contributed by atoms with E-state index >= 15 is 0 Å². The Bertz CT molecular complexity index is 262. The molecule has 2 heterocycles. The number of hydrogen-bond acceptors (Lipinski definition) is 3. The molecule has 0 spiro atoms. The van der Waals surface area contributed by atoms with E-state index in [4.69, 9.17) is 10.5 Å². The summed E-state index contributed by atoms with van der Waals surface area (Å²) in [5.74, 6) is 0. The average molecular weight is 211 g/mol. The van der Waals surface area contributed by atoms with Crippen LogP contribution in [0.4, 0.5) is 0 Å². The number of ether oxygens (including phenoxy) is 1. The zero-order valence-corrected chi connectivity index (χ0v) is 9.24. The summed E-state index contributed by atoms with van der Waals surface area (Å²) < 4.78 is 5.92. The highest BCUT2D eigenvalue weighted by Gasteiger charge is 2.62. The van der Waals surface area contributed by atoms with E-state index in [2.05, 4.69) is 0 Å². The van der Waals surface area contributed by atoms with Gasteiger partial charge in [-0.05, 0) is 32.1 Å². The Morgan fingerprint density at radius 1 is 1.27 bits per heavy atom. The molecule has 3 atom stereocenters. The molecule has 0 aromatic carbocycles. The summed E-state index contributed by atoms with van der Waals surface area (Å²) in [6, 6.07) is 0. The summed E-state index contributed by atoms with van der Waals surface area (Å²) in [5, 5.41) is 10.8. The average Bonchev–Trinajstić information content (AvgIpc) is 2.91. The van der Waals surface area contributed by atoms with Crippen LogP contribution in [-0.2, 0) is 4.74 Å². The summed E-state index contributed by atoms with van der Waals surface area (Å²) >= 11 is 0. The first kappa shape index (κ1) is 10.1. The van der Waals surface area contributed by atoms with Gasteiger partial charge in [0.2, 0.25) is 0 Å². The van der Waals surface area contributed by atoms with E-state index < -0.39 is 5.60 Å². The van der Waals surface area contributed by atoms with Crippen molar-refractivity contribution in [2.75, 3.05) is 6.54 Å². The van der Waals surface area contributed by atoms with Crippen LogP contribution in [0.25, 0.3) is 0 Å². The van der Waals surface area contributed by atoms with Gasteiger partial charge < -0.3 is 15.6 Å². The molecule has 86 valence electrons. The van der Waals surface area contributed by atoms with E-state index in [1.807, 2.05) is 0 Å². The smallest absolute Gasteiger partial charge is 0.0741 e. The first-order valence-corrected chi connectivity index (χ1v) is 6.28. The van der Waals surface area contributed by atoms with Crippen LogP contribution in [0, 0.1) is 5.41 Å². The predicted molar refractivity (Wildman–Crippen MR) is 57.4 cm³/mol. The van der Waals surface area contributed by atoms with Gasteiger partial charge in [-0.3, -0.25) is 0 Å². The summed E-state index contributed by atoms with van der Waals surface area (Å²) in [6.07, 6.45) is 8.02. The highest BCUT2D eigenvalue weighted by Crippen LogP contribution is 2.57. The van der Waals surface area contributed by atoms with Gasteiger partial charge in [-0.2, -0.15) is 0 Å². The minimum Gasteiger partial charge on any atom is -0.389 e. The first-order valence-electron chi connectivity index (χ1n) is 6.28. The Kier molecular flexibility index (Phi) is 2.14. The number of nitrogens with two attached hydrogens (primary N) is 1. The normalized spacial score (nSPS) is 47.6. The molecule has 3 nitrogen and oxygen atoms in total. The molecule has 1 saturated carbocycles. The standard InChI is InChI=1S/C12H21NO2/c13-8-11(12(14)5-1-2-6-12)7-9-3-4-10(11)15-9/h9-10,14H,1-8,13H2. The van der Waals surface area contributed by atoms with Crippen molar-refractivity contribution >= 4 is 0 Å². The summed E-state index contributed by atoms with van der Waals surface area (Å²) in [5.41, 5.74) is 5.34. The van der Waals surface area contributed by atoms with Crippen molar-refractivity contribution in [3.8, 4) is 0 Å². The molecule has 1 aliphatic carbocycles. The molecular formula is C12H21NO2. The highest BCUT2D eigenvalue weighted by atomic mass is 16.5. The van der Waals surface area contributed by atoms with Crippen molar-refractivity contribution in [3.05, 3.63) is 0 Å². The van der Waals surface area contributed by atoms with E-state index in [9.17, 15) is 5.11 Å². The molecule has 2 aliphatic heterocycles. The van der Waals surface area contributed by atoms with E-state index in [0.717, 1.165) is 38.5 Å². The topological polar surface area (TPSA) is 55.5 Å². The Morgan fingerprint density at radius 2 is 2.00 bits per heavy atom. The van der Waals surface area contributed by atoms with Gasteiger partial charge in [-0.15, -0.1) is 0 Å². The molecule has 0 aromatic heterocycles. The van der Waals surface area contributed by atoms with Gasteiger partial charge in [0, 0.05) is 12.0 Å². The van der Waals surface area contributed by atoms with Crippen LogP contribution in [-0.4, -0.2) is 29.5 Å². The molecule has 15 heavy (non-hydrogen) atoms. The second-order valence-corrected chi connectivity index (χ2v) is 5.63. The number of fused-ring (bicyclic) bond motifs is 2. The van der Waals surface area contributed by atoms with Gasteiger partial charge in [0.1, 0.15) is 0 Å². The van der Waals surface area contributed by atoms with Gasteiger partial charge >= 0.3 is 0 Å². The summed E-state index contributed by atoms with van der Waals surface area (Å²) in [6.45, 7) is 0.588. The summed E-state index contributed by atoms with van der Waals surface area (Å²) in [7, 11) is 0. The van der Waals surface area contributed by atoms with Crippen molar-refractivity contribution in [3.63, 3.8) is 0 Å². The number of hydrogen-bond donors (Lipinski definition) is 2. The SMILES string of the molecule is NCC1(C2(O)CCCC2)CC2CCC1O2. The van der Waals surface area contributed by atoms with Crippen molar-refractivity contribution in [2.24, 2.45) is 11.1 Å². The molecule has 3 unspecified atom stereocenters. The van der Waals surface area contributed by atoms with E-state index in [0.29, 0.717) is 12.6 Å². The van der Waals surface area contributed by atoms with Crippen LogP contribution in [0.2, 0.25) is 0 Å². The molecule has 3 aliphatic rings. The third kappa shape index (κ3) is 1.17. The number of aliphatic hydroxyl groups is 1. The van der Waals surface area contributed by atoms with E-state index in [1.54, 1.807) is 0 Å². The van der Waals surface area contributed by atoms with Gasteiger partial charge in [0.05, 0.1) is 17.8 Å². The lowest BCUT2D eigenvalue weighted by Gasteiger charge is -2.46. The van der Waals surface area contributed by atoms with Crippen LogP contribution in [0.15, 0.2) is 0 Å². The molecule has 3 heteroatoms. The van der Waals surface area contributed by atoms with E-state index in [-0.39, 0.29) is 11.5 Å². The van der Waals surface area contributed by atoms with Crippen molar-refractivity contribution < 1.29 is 9.84 Å². The van der Waals surface area contributed by atoms with E-state index in [1.165, 1.54) is 6.42 Å². The summed E-state index contributed by atoms with van der Waals surface area (Å²) in [4.78, 5) is 0. The van der Waals surface area contributed by atoms with Gasteiger partial charge in [-0.1, -0.05) is 12.8 Å². The van der Waals surface area contributed by atoms with Crippen molar-refractivity contribution in [2.45, 2.75) is 62.8 Å². The fourth-order valence-electron chi connectivity index (χ4n) is 4.15. The monoisotopic (exact) mass is 211 g/mol. The first-order chi connectivity index (χ1) is 7.20. The Balaban J connectivity index is 1.92. The van der Waals surface area contributed by atoms with Crippen molar-refractivity contribution in [1.29, 1.82) is 0 Å². The zero-order valence-electron chi connectivity index (χ0n) is 9.24. The maximum atomic E-state index is 10.8. The maximum absolute atomic E-state index is 10.8. The van der Waals surface area contributed by atoms with Gasteiger partial charge in [0.25, 0.3) is 0 Å². The Hall–Kier alpha value is -0.120. The minimum atomic E-state index is -0.526. The molecule has 3 N–H and O–H groups in total. The third-order valence-corrected chi connectivity index (χ3v) is 5.04. The van der Waals surface area contributed by atoms with Gasteiger partial charge in [0.15, 0.2) is 0 Å². The molecule has 0 radical (unpaired) electrons. The van der Waals surface area contributed by atoms with Crippen LogP contribution in [0.1, 0.15) is 44.9 Å². The largest absolute Gasteiger partial charge is 0.389 e. The highest BCUT2D eigenvalue weighted by molar-refractivity contribution is 5.12. The minimum absolute atomic E-state index is 0.119. The fraction of sp³-hybridized carbons (Fsp3) is 1.00. The fourth-order valence-corrected chi connectivity index (χ4v) is 4.15. The molecule has 2 saturated heterocycles. The second-order valence-electron chi connectivity index (χ2n) is 5.63. The molecule has 2 bridgehead atoms. The Labute approximate surface area is 91.0 Å². The zero-order chi connectivity index (χ0) is 10.5. The third-order valence-electron chi connectivity index (χ3n) is 5.04. The maximum Gasteiger partial charge on any atom is 0.0741 e.